The fraction of sp³-hybridized carbons (Fsp3) is 0. The molecule has 1 rings (SSSR count). The van der Waals surface area contributed by atoms with Crippen LogP contribution in [-0.2, 0) is 9.05 Å². The molecule has 0 saturated carbocycles. The molecule has 0 spiro atoms. The lowest BCUT2D eigenvalue weighted by molar-refractivity contribution is 0.468. The van der Waals surface area contributed by atoms with Crippen LogP contribution in [0, 0.1) is 5.82 Å². The number of hydrogen-bond acceptors (Lipinski definition) is 3. The van der Waals surface area contributed by atoms with Gasteiger partial charge in [0.2, 0.25) is 0 Å². The first kappa shape index (κ1) is 10.6. The average Bonchev–Trinajstić information content (AvgIpc) is 1.94. The molecule has 0 aliphatic rings. The summed E-state index contributed by atoms with van der Waals surface area (Å²) in [6.07, 6.45) is 0. The number of hydrogen-bond donors (Lipinski definition) is 1. The maximum absolute atomic E-state index is 13.0. The maximum Gasteiger partial charge on any atom is 0.264 e. The van der Waals surface area contributed by atoms with E-state index in [1.165, 1.54) is 0 Å². The minimum atomic E-state index is -4.23. The lowest BCUT2D eigenvalue weighted by atomic mass is 10.3. The summed E-state index contributed by atoms with van der Waals surface area (Å²) in [5, 5.41) is 8.41. The van der Waals surface area contributed by atoms with Crippen molar-refractivity contribution in [3.63, 3.8) is 0 Å². The molecule has 0 aliphatic heterocycles. The molecule has 72 valence electrons. The highest BCUT2D eigenvalue weighted by Gasteiger charge is 2.19. The molecule has 0 aliphatic carbocycles. The second-order valence-corrected chi connectivity index (χ2v) is 5.12. The second kappa shape index (κ2) is 3.32. The van der Waals surface area contributed by atoms with E-state index in [0.29, 0.717) is 6.07 Å². The van der Waals surface area contributed by atoms with Crippen molar-refractivity contribution in [1.82, 2.24) is 0 Å². The topological polar surface area (TPSA) is 54.4 Å². The standard InChI is InChI=1S/C6H3Cl2FO3S/c7-4-1-3(10)2-5(6(4)9)13(8,11)12/h1-2,10H. The molecule has 7 heteroatoms. The lowest BCUT2D eigenvalue weighted by Crippen LogP contribution is -1.95. The van der Waals surface area contributed by atoms with Crippen LogP contribution < -0.4 is 0 Å². The van der Waals surface area contributed by atoms with Crippen molar-refractivity contribution >= 4 is 31.3 Å². The molecular weight excluding hydrogens is 242 g/mol. The van der Waals surface area contributed by atoms with E-state index in [0.717, 1.165) is 6.07 Å². The van der Waals surface area contributed by atoms with Crippen LogP contribution in [0.1, 0.15) is 0 Å². The zero-order valence-corrected chi connectivity index (χ0v) is 8.29. The van der Waals surface area contributed by atoms with Gasteiger partial charge in [0.15, 0.2) is 5.82 Å². The summed E-state index contributed by atoms with van der Waals surface area (Å²) in [6, 6.07) is 1.56. The Labute approximate surface area is 83.1 Å². The molecule has 1 N–H and O–H groups in total. The molecule has 1 aromatic rings. The summed E-state index contributed by atoms with van der Waals surface area (Å²) in [7, 11) is 0.645. The van der Waals surface area contributed by atoms with Gasteiger partial charge >= 0.3 is 0 Å². The zero-order chi connectivity index (χ0) is 10.2. The van der Waals surface area contributed by atoms with Crippen LogP contribution in [-0.4, -0.2) is 13.5 Å². The largest absolute Gasteiger partial charge is 0.508 e. The number of halogens is 3. The van der Waals surface area contributed by atoms with Crippen LogP contribution in [0.3, 0.4) is 0 Å². The molecule has 0 heterocycles. The molecule has 0 atom stereocenters. The molecule has 0 saturated heterocycles. The third-order valence-electron chi connectivity index (χ3n) is 1.24. The van der Waals surface area contributed by atoms with E-state index >= 15 is 0 Å². The molecule has 13 heavy (non-hydrogen) atoms. The highest BCUT2D eigenvalue weighted by molar-refractivity contribution is 8.13. The monoisotopic (exact) mass is 244 g/mol. The van der Waals surface area contributed by atoms with Crippen LogP contribution >= 0.6 is 22.3 Å². The molecule has 0 aromatic heterocycles. The van der Waals surface area contributed by atoms with Crippen LogP contribution in [0.25, 0.3) is 0 Å². The third kappa shape index (κ3) is 2.24. The first-order chi connectivity index (χ1) is 5.82. The molecule has 0 bridgehead atoms. The highest BCUT2D eigenvalue weighted by atomic mass is 35.7. The van der Waals surface area contributed by atoms with Crippen LogP contribution in [0.2, 0.25) is 5.02 Å². The molecule has 3 nitrogen and oxygen atoms in total. The van der Waals surface area contributed by atoms with Crippen molar-refractivity contribution in [1.29, 1.82) is 0 Å². The van der Waals surface area contributed by atoms with E-state index < -0.39 is 30.5 Å². The Kier molecular flexibility index (Phi) is 2.70. The van der Waals surface area contributed by atoms with E-state index in [2.05, 4.69) is 0 Å². The Bertz CT molecular complexity index is 443. The number of rotatable bonds is 1. The summed E-state index contributed by atoms with van der Waals surface area (Å²) in [6.45, 7) is 0. The predicted molar refractivity (Wildman–Crippen MR) is 46.1 cm³/mol. The maximum atomic E-state index is 13.0. The van der Waals surface area contributed by atoms with E-state index in [1.54, 1.807) is 0 Å². The molecule has 0 unspecified atom stereocenters. The van der Waals surface area contributed by atoms with Crippen molar-refractivity contribution in [2.75, 3.05) is 0 Å². The van der Waals surface area contributed by atoms with Crippen LogP contribution in [0.5, 0.6) is 5.75 Å². The van der Waals surface area contributed by atoms with Crippen molar-refractivity contribution in [3.8, 4) is 5.75 Å². The number of benzene rings is 1. The summed E-state index contributed by atoms with van der Waals surface area (Å²) in [5.41, 5.74) is 0. The molecular formula is C6H3Cl2FO3S. The van der Waals surface area contributed by atoms with Gasteiger partial charge in [0.1, 0.15) is 10.6 Å². The van der Waals surface area contributed by atoms with E-state index in [4.69, 9.17) is 27.4 Å². The minimum absolute atomic E-state index is 0.467. The second-order valence-electron chi connectivity index (χ2n) is 2.18. The minimum Gasteiger partial charge on any atom is -0.508 e. The van der Waals surface area contributed by atoms with Gasteiger partial charge in [0.05, 0.1) is 5.02 Å². The van der Waals surface area contributed by atoms with Crippen LogP contribution in [0.15, 0.2) is 17.0 Å². The van der Waals surface area contributed by atoms with Crippen molar-refractivity contribution in [3.05, 3.63) is 23.0 Å². The first-order valence-corrected chi connectivity index (χ1v) is 5.64. The van der Waals surface area contributed by atoms with Gasteiger partial charge in [-0.15, -0.1) is 0 Å². The molecule has 1 aromatic carbocycles. The van der Waals surface area contributed by atoms with Gasteiger partial charge in [-0.3, -0.25) is 0 Å². The SMILES string of the molecule is O=S(=O)(Cl)c1cc(O)cc(Cl)c1F. The summed E-state index contributed by atoms with van der Waals surface area (Å²) >= 11 is 5.27. The van der Waals surface area contributed by atoms with Crippen molar-refractivity contribution < 1.29 is 17.9 Å². The van der Waals surface area contributed by atoms with Crippen molar-refractivity contribution in [2.45, 2.75) is 4.90 Å². The molecule has 0 radical (unpaired) electrons. The van der Waals surface area contributed by atoms with Crippen molar-refractivity contribution in [2.24, 2.45) is 0 Å². The predicted octanol–water partition coefficient (Wildman–Crippen LogP) is 2.11. The number of aromatic hydroxyl groups is 1. The summed E-state index contributed by atoms with van der Waals surface area (Å²) < 4.78 is 34.4. The fourth-order valence-corrected chi connectivity index (χ4v) is 1.92. The van der Waals surface area contributed by atoms with Gasteiger partial charge in [-0.05, 0) is 0 Å². The van der Waals surface area contributed by atoms with Gasteiger partial charge < -0.3 is 5.11 Å². The Morgan fingerprint density at radius 2 is 1.92 bits per heavy atom. The molecule has 0 fully saturated rings. The lowest BCUT2D eigenvalue weighted by Gasteiger charge is -2.01. The van der Waals surface area contributed by atoms with E-state index in [1.807, 2.05) is 0 Å². The normalized spacial score (nSPS) is 11.6. The Hall–Kier alpha value is -0.520. The first-order valence-electron chi connectivity index (χ1n) is 2.95. The molecule has 0 amide bonds. The van der Waals surface area contributed by atoms with Crippen LogP contribution in [0.4, 0.5) is 4.39 Å². The summed E-state index contributed by atoms with van der Waals surface area (Å²) in [4.78, 5) is -0.834. The summed E-state index contributed by atoms with van der Waals surface area (Å²) in [5.74, 6) is -1.64. The Morgan fingerprint density at radius 3 is 2.38 bits per heavy atom. The quantitative estimate of drug-likeness (QED) is 0.771. The average molecular weight is 245 g/mol. The van der Waals surface area contributed by atoms with E-state index in [9.17, 15) is 12.8 Å². The number of phenolic OH excluding ortho intramolecular Hbond substituents is 1. The van der Waals surface area contributed by atoms with Gasteiger partial charge in [0.25, 0.3) is 9.05 Å². The van der Waals surface area contributed by atoms with E-state index in [-0.39, 0.29) is 0 Å². The van der Waals surface area contributed by atoms with Gasteiger partial charge in [0, 0.05) is 22.8 Å². The Morgan fingerprint density at radius 1 is 1.38 bits per heavy atom. The van der Waals surface area contributed by atoms with Gasteiger partial charge in [-0.1, -0.05) is 11.6 Å². The third-order valence-corrected chi connectivity index (χ3v) is 2.84. The number of phenols is 1. The Balaban J connectivity index is 3.56. The van der Waals surface area contributed by atoms with Gasteiger partial charge in [-0.2, -0.15) is 0 Å². The smallest absolute Gasteiger partial charge is 0.264 e. The van der Waals surface area contributed by atoms with Gasteiger partial charge in [-0.25, -0.2) is 12.8 Å². The fourth-order valence-electron chi connectivity index (χ4n) is 0.728. The highest BCUT2D eigenvalue weighted by Crippen LogP contribution is 2.29. The zero-order valence-electron chi connectivity index (χ0n) is 5.96.